The zero-order valence-electron chi connectivity index (χ0n) is 15.4. The average molecular weight is 428 g/mol. The molecular formula is C17H24N4O7S. The second-order valence-corrected chi connectivity index (χ2v) is 6.39. The van der Waals surface area contributed by atoms with E-state index in [1.165, 1.54) is 24.3 Å². The summed E-state index contributed by atoms with van der Waals surface area (Å²) < 4.78 is 0. The second-order valence-electron chi connectivity index (χ2n) is 6.02. The van der Waals surface area contributed by atoms with Crippen LogP contribution in [0.15, 0.2) is 24.3 Å². The summed E-state index contributed by atoms with van der Waals surface area (Å²) in [6, 6.07) is 1.97. The highest BCUT2D eigenvalue weighted by atomic mass is 32.1. The number of rotatable bonds is 11. The minimum atomic E-state index is -1.56. The van der Waals surface area contributed by atoms with Gasteiger partial charge in [-0.2, -0.15) is 12.6 Å². The zero-order chi connectivity index (χ0) is 22.0. The largest absolute Gasteiger partial charge is 0.508 e. The Hall–Kier alpha value is -2.83. The van der Waals surface area contributed by atoms with E-state index in [9.17, 15) is 24.3 Å². The highest BCUT2D eigenvalue weighted by Gasteiger charge is 2.29. The summed E-state index contributed by atoms with van der Waals surface area (Å²) in [5, 5.41) is 34.4. The number of carboxylic acid groups (broad SMARTS) is 1. The number of carboxylic acids is 1. The van der Waals surface area contributed by atoms with Gasteiger partial charge in [0.05, 0.1) is 13.2 Å². The van der Waals surface area contributed by atoms with Gasteiger partial charge < -0.3 is 37.0 Å². The van der Waals surface area contributed by atoms with E-state index in [4.69, 9.17) is 15.9 Å². The first-order chi connectivity index (χ1) is 13.7. The van der Waals surface area contributed by atoms with Crippen LogP contribution in [-0.4, -0.2) is 76.0 Å². The van der Waals surface area contributed by atoms with Crippen molar-refractivity contribution in [3.63, 3.8) is 0 Å². The van der Waals surface area contributed by atoms with Crippen molar-refractivity contribution in [3.8, 4) is 5.75 Å². The summed E-state index contributed by atoms with van der Waals surface area (Å²) >= 11 is 4.00. The van der Waals surface area contributed by atoms with Crippen molar-refractivity contribution in [2.75, 3.05) is 18.9 Å². The Labute approximate surface area is 172 Å². The Bertz CT molecular complexity index is 729. The third-order valence-electron chi connectivity index (χ3n) is 3.83. The summed E-state index contributed by atoms with van der Waals surface area (Å²) in [6.07, 6.45) is -0.0419. The van der Waals surface area contributed by atoms with Crippen LogP contribution in [0.1, 0.15) is 5.56 Å². The minimum Gasteiger partial charge on any atom is -0.508 e. The number of nitrogens with one attached hydrogen (secondary N) is 3. The molecule has 0 radical (unpaired) electrons. The summed E-state index contributed by atoms with van der Waals surface area (Å²) in [6.45, 7) is -1.18. The fourth-order valence-corrected chi connectivity index (χ4v) is 2.51. The summed E-state index contributed by atoms with van der Waals surface area (Å²) in [5.74, 6) is -3.68. The number of hydrogen-bond donors (Lipinski definition) is 8. The number of aliphatic carboxylic acids is 1. The molecule has 160 valence electrons. The number of nitrogens with two attached hydrogens (primary N) is 1. The molecule has 0 bridgehead atoms. The Morgan fingerprint density at radius 1 is 0.966 bits per heavy atom. The fourth-order valence-electron chi connectivity index (χ4n) is 2.25. The lowest BCUT2D eigenvalue weighted by Crippen LogP contribution is -2.57. The summed E-state index contributed by atoms with van der Waals surface area (Å²) in [7, 11) is 0. The number of hydrogen-bond acceptors (Lipinski definition) is 8. The monoisotopic (exact) mass is 428 g/mol. The lowest BCUT2D eigenvalue weighted by molar-refractivity contribution is -0.143. The zero-order valence-corrected chi connectivity index (χ0v) is 16.3. The molecule has 0 aromatic heterocycles. The van der Waals surface area contributed by atoms with Gasteiger partial charge in [0, 0.05) is 12.2 Å². The van der Waals surface area contributed by atoms with Crippen LogP contribution in [-0.2, 0) is 25.6 Å². The molecule has 1 aromatic rings. The third kappa shape index (κ3) is 7.97. The number of carbonyl (C=O) groups is 4. The van der Waals surface area contributed by atoms with Gasteiger partial charge in [-0.3, -0.25) is 14.4 Å². The van der Waals surface area contributed by atoms with Crippen molar-refractivity contribution in [1.29, 1.82) is 0 Å². The van der Waals surface area contributed by atoms with Gasteiger partial charge in [0.15, 0.2) is 0 Å². The van der Waals surface area contributed by atoms with Crippen LogP contribution in [0, 0.1) is 0 Å². The molecule has 0 aliphatic carbocycles. The number of phenols is 1. The molecule has 1 aromatic carbocycles. The van der Waals surface area contributed by atoms with Gasteiger partial charge in [0.25, 0.3) is 0 Å². The quantitative estimate of drug-likeness (QED) is 0.175. The van der Waals surface area contributed by atoms with Gasteiger partial charge in [-0.15, -0.1) is 0 Å². The number of amides is 3. The number of aliphatic hydroxyl groups is 1. The Morgan fingerprint density at radius 2 is 1.52 bits per heavy atom. The van der Waals surface area contributed by atoms with Crippen molar-refractivity contribution < 1.29 is 34.5 Å². The first-order valence-corrected chi connectivity index (χ1v) is 9.17. The molecular weight excluding hydrogens is 404 g/mol. The van der Waals surface area contributed by atoms with E-state index in [0.29, 0.717) is 5.56 Å². The standard InChI is InChI=1S/C17H24N4O7S/c18-6-14(24)19-13(8-29)16(26)20-11(5-9-1-3-10(23)4-2-9)15(25)21-12(7-22)17(27)28/h1-4,11-13,22-23,29H,5-8,18H2,(H,19,24)(H,20,26)(H,21,25)(H,27,28). The summed E-state index contributed by atoms with van der Waals surface area (Å²) in [4.78, 5) is 47.5. The molecule has 0 fully saturated rings. The molecule has 1 rings (SSSR count). The molecule has 3 atom stereocenters. The van der Waals surface area contributed by atoms with Gasteiger partial charge >= 0.3 is 5.97 Å². The van der Waals surface area contributed by atoms with Crippen LogP contribution in [0.3, 0.4) is 0 Å². The maximum atomic E-state index is 12.5. The van der Waals surface area contributed by atoms with Crippen molar-refractivity contribution in [2.24, 2.45) is 5.73 Å². The molecule has 12 heteroatoms. The molecule has 0 spiro atoms. The molecule has 11 nitrogen and oxygen atoms in total. The smallest absolute Gasteiger partial charge is 0.328 e. The van der Waals surface area contributed by atoms with E-state index in [1.54, 1.807) is 0 Å². The predicted molar refractivity (Wildman–Crippen MR) is 105 cm³/mol. The van der Waals surface area contributed by atoms with Crippen LogP contribution in [0.4, 0.5) is 0 Å². The van der Waals surface area contributed by atoms with E-state index in [2.05, 4.69) is 28.6 Å². The maximum Gasteiger partial charge on any atom is 0.328 e. The number of aromatic hydroxyl groups is 1. The second kappa shape index (κ2) is 11.9. The van der Waals surface area contributed by atoms with Crippen molar-refractivity contribution >= 4 is 36.3 Å². The van der Waals surface area contributed by atoms with E-state index >= 15 is 0 Å². The molecule has 8 N–H and O–H groups in total. The van der Waals surface area contributed by atoms with Gasteiger partial charge in [0.2, 0.25) is 17.7 Å². The highest BCUT2D eigenvalue weighted by molar-refractivity contribution is 7.80. The van der Waals surface area contributed by atoms with Crippen LogP contribution < -0.4 is 21.7 Å². The normalized spacial score (nSPS) is 13.6. The molecule has 0 heterocycles. The van der Waals surface area contributed by atoms with Gasteiger partial charge in [-0.1, -0.05) is 12.1 Å². The molecule has 29 heavy (non-hydrogen) atoms. The fraction of sp³-hybridized carbons (Fsp3) is 0.412. The first-order valence-electron chi connectivity index (χ1n) is 8.54. The van der Waals surface area contributed by atoms with Crippen molar-refractivity contribution in [1.82, 2.24) is 16.0 Å². The number of aliphatic hydroxyl groups excluding tert-OH is 1. The maximum absolute atomic E-state index is 12.5. The minimum absolute atomic E-state index is 0.00430. The van der Waals surface area contributed by atoms with E-state index in [1.807, 2.05) is 0 Å². The van der Waals surface area contributed by atoms with Crippen LogP contribution in [0.2, 0.25) is 0 Å². The molecule has 3 amide bonds. The van der Waals surface area contributed by atoms with Crippen molar-refractivity contribution in [3.05, 3.63) is 29.8 Å². The Kier molecular flexibility index (Phi) is 9.92. The SMILES string of the molecule is NCC(=O)NC(CS)C(=O)NC(Cc1ccc(O)cc1)C(=O)NC(CO)C(=O)O. The number of thiol groups is 1. The van der Waals surface area contributed by atoms with Gasteiger partial charge in [0.1, 0.15) is 23.9 Å². The number of carbonyl (C=O) groups excluding carboxylic acids is 3. The lowest BCUT2D eigenvalue weighted by Gasteiger charge is -2.23. The third-order valence-corrected chi connectivity index (χ3v) is 4.19. The van der Waals surface area contributed by atoms with Crippen LogP contribution in [0.5, 0.6) is 5.75 Å². The lowest BCUT2D eigenvalue weighted by atomic mass is 10.0. The van der Waals surface area contributed by atoms with Crippen LogP contribution >= 0.6 is 12.6 Å². The summed E-state index contributed by atoms with van der Waals surface area (Å²) in [5.41, 5.74) is 5.77. The van der Waals surface area contributed by atoms with Crippen molar-refractivity contribution in [2.45, 2.75) is 24.5 Å². The van der Waals surface area contributed by atoms with Gasteiger partial charge in [-0.25, -0.2) is 4.79 Å². The van der Waals surface area contributed by atoms with E-state index < -0.39 is 48.4 Å². The molecule has 0 aliphatic heterocycles. The number of benzene rings is 1. The molecule has 0 saturated carbocycles. The average Bonchev–Trinajstić information content (AvgIpc) is 2.70. The van der Waals surface area contributed by atoms with Gasteiger partial charge in [-0.05, 0) is 17.7 Å². The van der Waals surface area contributed by atoms with E-state index in [-0.39, 0.29) is 24.5 Å². The molecule has 3 unspecified atom stereocenters. The Balaban J connectivity index is 3.00. The van der Waals surface area contributed by atoms with E-state index in [0.717, 1.165) is 0 Å². The Morgan fingerprint density at radius 3 is 2.00 bits per heavy atom. The predicted octanol–water partition coefficient (Wildman–Crippen LogP) is -2.65. The van der Waals surface area contributed by atoms with Crippen LogP contribution in [0.25, 0.3) is 0 Å². The number of phenolic OH excluding ortho intramolecular Hbond substituents is 1. The molecule has 0 saturated heterocycles. The highest BCUT2D eigenvalue weighted by Crippen LogP contribution is 2.12. The first kappa shape index (κ1) is 24.2. The molecule has 0 aliphatic rings. The topological polar surface area (TPSA) is 191 Å².